The number of halogens is 1. The van der Waals surface area contributed by atoms with Crippen molar-refractivity contribution in [3.8, 4) is 0 Å². The van der Waals surface area contributed by atoms with E-state index in [9.17, 15) is 9.18 Å². The second-order valence-electron chi connectivity index (χ2n) is 6.43. The van der Waals surface area contributed by atoms with Crippen LogP contribution in [0.15, 0.2) is 36.7 Å². The van der Waals surface area contributed by atoms with E-state index in [1.54, 1.807) is 23.2 Å². The third-order valence-corrected chi connectivity index (χ3v) is 4.46. The molecule has 25 heavy (non-hydrogen) atoms. The first-order chi connectivity index (χ1) is 12.1. The molecule has 1 aliphatic heterocycles. The van der Waals surface area contributed by atoms with Gasteiger partial charge in [-0.15, -0.1) is 0 Å². The van der Waals surface area contributed by atoms with Gasteiger partial charge in [-0.3, -0.25) is 0 Å². The number of urea groups is 1. The summed E-state index contributed by atoms with van der Waals surface area (Å²) in [6.07, 6.45) is 3.66. The zero-order chi connectivity index (χ0) is 17.8. The van der Waals surface area contributed by atoms with Gasteiger partial charge >= 0.3 is 6.03 Å². The Morgan fingerprint density at radius 3 is 2.64 bits per heavy atom. The van der Waals surface area contributed by atoms with Crippen molar-refractivity contribution in [3.63, 3.8) is 0 Å². The second kappa shape index (κ2) is 7.55. The Kier molecular flexibility index (Phi) is 5.21. The van der Waals surface area contributed by atoms with Crippen molar-refractivity contribution >= 4 is 11.7 Å². The van der Waals surface area contributed by atoms with Crippen LogP contribution in [-0.4, -0.2) is 46.7 Å². The van der Waals surface area contributed by atoms with Crippen molar-refractivity contribution in [2.75, 3.05) is 31.1 Å². The highest BCUT2D eigenvalue weighted by Gasteiger charge is 2.22. The third kappa shape index (κ3) is 3.92. The third-order valence-electron chi connectivity index (χ3n) is 4.46. The summed E-state index contributed by atoms with van der Waals surface area (Å²) in [6, 6.07) is 6.95. The summed E-state index contributed by atoms with van der Waals surface area (Å²) in [5.41, 5.74) is 0.599. The maximum atomic E-state index is 13.9. The number of amides is 2. The number of nitrogens with one attached hydrogen (secondary N) is 1. The Bertz CT molecular complexity index is 722. The first-order valence-corrected chi connectivity index (χ1v) is 8.60. The normalized spacial score (nSPS) is 14.9. The molecule has 134 valence electrons. The summed E-state index contributed by atoms with van der Waals surface area (Å²) in [5, 5.41) is 2.93. The molecule has 2 amide bonds. The summed E-state index contributed by atoms with van der Waals surface area (Å²) in [7, 11) is 0. The number of nitrogens with zero attached hydrogens (tertiary/aromatic N) is 4. The highest BCUT2D eigenvalue weighted by atomic mass is 19.1. The summed E-state index contributed by atoms with van der Waals surface area (Å²) in [5.74, 6) is 0.620. The number of carbonyl (C=O) groups excluding carboxylic acids is 1. The van der Waals surface area contributed by atoms with Crippen molar-refractivity contribution in [2.24, 2.45) is 0 Å². The molecule has 6 nitrogen and oxygen atoms in total. The lowest BCUT2D eigenvalue weighted by atomic mass is 10.2. The topological polar surface area (TPSA) is 53.4 Å². The quantitative estimate of drug-likeness (QED) is 0.927. The van der Waals surface area contributed by atoms with Crippen LogP contribution in [-0.2, 0) is 6.54 Å². The predicted molar refractivity (Wildman–Crippen MR) is 95.0 cm³/mol. The number of imidazole rings is 1. The number of hydrogen-bond donors (Lipinski definition) is 1. The molecule has 2 heterocycles. The van der Waals surface area contributed by atoms with E-state index in [4.69, 9.17) is 0 Å². The van der Waals surface area contributed by atoms with E-state index < -0.39 is 0 Å². The Morgan fingerprint density at radius 1 is 1.24 bits per heavy atom. The molecule has 1 aromatic heterocycles. The molecule has 1 fully saturated rings. The Hall–Kier alpha value is -2.57. The van der Waals surface area contributed by atoms with Gasteiger partial charge in [-0.25, -0.2) is 14.2 Å². The fourth-order valence-corrected chi connectivity index (χ4v) is 3.08. The van der Waals surface area contributed by atoms with Crippen LogP contribution >= 0.6 is 0 Å². The lowest BCUT2D eigenvalue weighted by Crippen LogP contribution is -2.52. The van der Waals surface area contributed by atoms with Crippen LogP contribution in [0.1, 0.15) is 25.7 Å². The van der Waals surface area contributed by atoms with Crippen LogP contribution in [0, 0.1) is 5.82 Å². The molecule has 2 aromatic rings. The molecule has 0 atom stereocenters. The lowest BCUT2D eigenvalue weighted by Gasteiger charge is -2.36. The number of aromatic nitrogens is 2. The minimum Gasteiger partial charge on any atom is -0.366 e. The smallest absolute Gasteiger partial charge is 0.317 e. The van der Waals surface area contributed by atoms with Gasteiger partial charge in [0.2, 0.25) is 0 Å². The summed E-state index contributed by atoms with van der Waals surface area (Å²) >= 11 is 0. The van der Waals surface area contributed by atoms with E-state index in [1.165, 1.54) is 6.07 Å². The minimum absolute atomic E-state index is 0.105. The number of piperazine rings is 1. The van der Waals surface area contributed by atoms with Crippen molar-refractivity contribution in [1.29, 1.82) is 0 Å². The van der Waals surface area contributed by atoms with E-state index >= 15 is 0 Å². The van der Waals surface area contributed by atoms with E-state index in [2.05, 4.69) is 24.1 Å². The van der Waals surface area contributed by atoms with Gasteiger partial charge in [0.15, 0.2) is 0 Å². The molecule has 1 aromatic carbocycles. The summed E-state index contributed by atoms with van der Waals surface area (Å²) in [6.45, 7) is 6.93. The number of para-hydroxylation sites is 1. The molecule has 0 unspecified atom stereocenters. The van der Waals surface area contributed by atoms with Gasteiger partial charge in [0.05, 0.1) is 12.2 Å². The Morgan fingerprint density at radius 2 is 1.96 bits per heavy atom. The van der Waals surface area contributed by atoms with Gasteiger partial charge in [0.1, 0.15) is 11.6 Å². The van der Waals surface area contributed by atoms with Crippen LogP contribution in [0.2, 0.25) is 0 Å². The second-order valence-corrected chi connectivity index (χ2v) is 6.43. The molecule has 1 aliphatic rings. The van der Waals surface area contributed by atoms with Gasteiger partial charge in [0, 0.05) is 44.6 Å². The van der Waals surface area contributed by atoms with E-state index in [1.807, 2.05) is 21.7 Å². The van der Waals surface area contributed by atoms with Crippen molar-refractivity contribution < 1.29 is 9.18 Å². The molecule has 3 rings (SSSR count). The number of benzene rings is 1. The molecule has 7 heteroatoms. The van der Waals surface area contributed by atoms with E-state index in [0.717, 1.165) is 5.82 Å². The molecule has 0 radical (unpaired) electrons. The first-order valence-electron chi connectivity index (χ1n) is 8.60. The van der Waals surface area contributed by atoms with Gasteiger partial charge in [-0.1, -0.05) is 12.1 Å². The van der Waals surface area contributed by atoms with Crippen LogP contribution in [0.4, 0.5) is 14.9 Å². The molecular formula is C18H24FN5O. The first kappa shape index (κ1) is 17.3. The fraction of sp³-hybridized carbons (Fsp3) is 0.444. The molecular weight excluding hydrogens is 321 g/mol. The Balaban J connectivity index is 1.52. The number of hydrogen-bond acceptors (Lipinski definition) is 3. The van der Waals surface area contributed by atoms with Gasteiger partial charge in [-0.2, -0.15) is 0 Å². The van der Waals surface area contributed by atoms with E-state index in [-0.39, 0.29) is 11.8 Å². The fourth-order valence-electron chi connectivity index (χ4n) is 3.08. The highest BCUT2D eigenvalue weighted by Crippen LogP contribution is 2.20. The highest BCUT2D eigenvalue weighted by molar-refractivity contribution is 5.74. The average molecular weight is 345 g/mol. The van der Waals surface area contributed by atoms with Crippen LogP contribution < -0.4 is 10.2 Å². The Labute approximate surface area is 147 Å². The summed E-state index contributed by atoms with van der Waals surface area (Å²) in [4.78, 5) is 20.4. The maximum Gasteiger partial charge on any atom is 0.317 e. The largest absolute Gasteiger partial charge is 0.366 e. The average Bonchev–Trinajstić information content (AvgIpc) is 3.09. The molecule has 1 saturated heterocycles. The minimum atomic E-state index is -0.221. The molecule has 0 bridgehead atoms. The van der Waals surface area contributed by atoms with Crippen LogP contribution in [0.25, 0.3) is 0 Å². The SMILES string of the molecule is CC(C)n1ccnc1CNC(=O)N1CCN(c2ccccc2F)CC1. The van der Waals surface area contributed by atoms with Crippen LogP contribution in [0.3, 0.4) is 0 Å². The van der Waals surface area contributed by atoms with Crippen molar-refractivity contribution in [3.05, 3.63) is 48.3 Å². The van der Waals surface area contributed by atoms with Crippen molar-refractivity contribution in [2.45, 2.75) is 26.4 Å². The summed E-state index contributed by atoms with van der Waals surface area (Å²) < 4.78 is 15.9. The van der Waals surface area contributed by atoms with Gasteiger partial charge < -0.3 is 19.7 Å². The molecule has 0 spiro atoms. The molecule has 0 aliphatic carbocycles. The molecule has 0 saturated carbocycles. The predicted octanol–water partition coefficient (Wildman–Crippen LogP) is 2.63. The lowest BCUT2D eigenvalue weighted by molar-refractivity contribution is 0.193. The number of rotatable bonds is 4. The standard InChI is InChI=1S/C18H24FN5O/c1-14(2)24-8-7-20-17(24)13-21-18(25)23-11-9-22(10-12-23)16-6-4-3-5-15(16)19/h3-8,14H,9-13H2,1-2H3,(H,21,25). The maximum absolute atomic E-state index is 13.9. The van der Waals surface area contributed by atoms with E-state index in [0.29, 0.717) is 44.5 Å². The molecule has 1 N–H and O–H groups in total. The van der Waals surface area contributed by atoms with Gasteiger partial charge in [-0.05, 0) is 26.0 Å². The van der Waals surface area contributed by atoms with Crippen LogP contribution in [0.5, 0.6) is 0 Å². The zero-order valence-corrected chi connectivity index (χ0v) is 14.7. The van der Waals surface area contributed by atoms with Crippen molar-refractivity contribution in [1.82, 2.24) is 19.8 Å². The number of anilines is 1. The van der Waals surface area contributed by atoms with Gasteiger partial charge in [0.25, 0.3) is 0 Å². The zero-order valence-electron chi connectivity index (χ0n) is 14.7. The number of carbonyl (C=O) groups is 1. The monoisotopic (exact) mass is 345 g/mol.